The van der Waals surface area contributed by atoms with Crippen molar-refractivity contribution in [1.29, 1.82) is 5.26 Å². The number of fused-ring (bicyclic) bond motifs is 1. The standard InChI is InChI=1S/C38H38N4O6S2/c1-5-32(37(45)42-38-28(22-39)27-16-9-10-17-33(27)50-38)49-26-15-11-14-25(21-26)40-36(44)29(41-35(43)24-12-7-6-8-13-24)18-23-19-30(46-2)34(48-4)31(20-23)47-3/h6-8,11-15,18-21,32H,5,9-10,16-17H2,1-4H3,(H,40,44)(H,41,43)(H,42,45)/b29-18+. The molecule has 1 unspecified atom stereocenters. The van der Waals surface area contributed by atoms with Gasteiger partial charge in [-0.3, -0.25) is 14.4 Å². The number of thioether (sulfide) groups is 1. The number of thiophene rings is 1. The highest BCUT2D eigenvalue weighted by Crippen LogP contribution is 2.40. The molecule has 10 nitrogen and oxygen atoms in total. The van der Waals surface area contributed by atoms with Crippen LogP contribution in [-0.2, 0) is 22.4 Å². The number of nitrogens with zero attached hydrogens (tertiary/aromatic N) is 1. The number of methoxy groups -OCH3 is 3. The van der Waals surface area contributed by atoms with E-state index >= 15 is 0 Å². The Labute approximate surface area is 299 Å². The van der Waals surface area contributed by atoms with Crippen LogP contribution < -0.4 is 30.2 Å². The minimum absolute atomic E-state index is 0.0241. The third-order valence-electron chi connectivity index (χ3n) is 8.08. The van der Waals surface area contributed by atoms with Gasteiger partial charge in [0.2, 0.25) is 11.7 Å². The number of amides is 3. The van der Waals surface area contributed by atoms with Crippen LogP contribution in [0.5, 0.6) is 17.2 Å². The second-order valence-corrected chi connectivity index (χ2v) is 13.7. The number of benzene rings is 3. The molecule has 12 heteroatoms. The zero-order chi connectivity index (χ0) is 35.6. The van der Waals surface area contributed by atoms with Crippen molar-refractivity contribution in [2.24, 2.45) is 0 Å². The van der Waals surface area contributed by atoms with Crippen LogP contribution in [0.4, 0.5) is 10.7 Å². The minimum atomic E-state index is -0.569. The number of hydrogen-bond donors (Lipinski definition) is 3. The second-order valence-electron chi connectivity index (χ2n) is 11.3. The van der Waals surface area contributed by atoms with Crippen LogP contribution in [0, 0.1) is 11.3 Å². The van der Waals surface area contributed by atoms with E-state index in [1.54, 1.807) is 60.7 Å². The Morgan fingerprint density at radius 3 is 2.32 bits per heavy atom. The normalized spacial score (nSPS) is 12.9. The first-order valence-electron chi connectivity index (χ1n) is 16.1. The fourth-order valence-electron chi connectivity index (χ4n) is 5.59. The predicted molar refractivity (Wildman–Crippen MR) is 197 cm³/mol. The van der Waals surface area contributed by atoms with E-state index in [1.165, 1.54) is 55.4 Å². The number of ether oxygens (including phenoxy) is 3. The fourth-order valence-corrected chi connectivity index (χ4v) is 7.85. The van der Waals surface area contributed by atoms with E-state index in [2.05, 4.69) is 22.0 Å². The Balaban J connectivity index is 1.36. The number of hydrogen-bond acceptors (Lipinski definition) is 9. The maximum Gasteiger partial charge on any atom is 0.272 e. The van der Waals surface area contributed by atoms with E-state index in [1.807, 2.05) is 13.0 Å². The van der Waals surface area contributed by atoms with Crippen LogP contribution in [-0.4, -0.2) is 44.3 Å². The van der Waals surface area contributed by atoms with E-state index in [0.29, 0.717) is 51.0 Å². The first-order valence-corrected chi connectivity index (χ1v) is 17.8. The number of carbonyl (C=O) groups excluding carboxylic acids is 3. The largest absolute Gasteiger partial charge is 0.493 e. The smallest absolute Gasteiger partial charge is 0.272 e. The Kier molecular flexibility index (Phi) is 12.2. The lowest BCUT2D eigenvalue weighted by Gasteiger charge is -2.16. The first kappa shape index (κ1) is 36.0. The average Bonchev–Trinajstić information content (AvgIpc) is 3.50. The molecule has 3 amide bonds. The van der Waals surface area contributed by atoms with E-state index < -0.39 is 17.1 Å². The summed E-state index contributed by atoms with van der Waals surface area (Å²) in [5.41, 5.74) is 2.99. The molecule has 50 heavy (non-hydrogen) atoms. The monoisotopic (exact) mass is 710 g/mol. The molecule has 0 bridgehead atoms. The number of nitrogens with one attached hydrogen (secondary N) is 3. The number of nitriles is 1. The molecule has 1 heterocycles. The highest BCUT2D eigenvalue weighted by atomic mass is 32.2. The Morgan fingerprint density at radius 1 is 0.940 bits per heavy atom. The summed E-state index contributed by atoms with van der Waals surface area (Å²) in [4.78, 5) is 42.4. The minimum Gasteiger partial charge on any atom is -0.493 e. The van der Waals surface area contributed by atoms with Crippen molar-refractivity contribution in [1.82, 2.24) is 5.32 Å². The van der Waals surface area contributed by atoms with Crippen molar-refractivity contribution in [2.45, 2.75) is 49.2 Å². The summed E-state index contributed by atoms with van der Waals surface area (Å²) < 4.78 is 16.4. The Hall–Kier alpha value is -5.25. The molecule has 0 aliphatic heterocycles. The van der Waals surface area contributed by atoms with Crippen molar-refractivity contribution < 1.29 is 28.6 Å². The molecule has 1 aliphatic rings. The summed E-state index contributed by atoms with van der Waals surface area (Å²) in [6.45, 7) is 1.93. The molecule has 1 aromatic heterocycles. The summed E-state index contributed by atoms with van der Waals surface area (Å²) in [6, 6.07) is 21.4. The van der Waals surface area contributed by atoms with E-state index in [9.17, 15) is 19.6 Å². The Bertz CT molecular complexity index is 1930. The van der Waals surface area contributed by atoms with Gasteiger partial charge in [0.1, 0.15) is 16.8 Å². The molecule has 0 saturated carbocycles. The van der Waals surface area contributed by atoms with Gasteiger partial charge in [0.15, 0.2) is 11.5 Å². The van der Waals surface area contributed by atoms with Crippen LogP contribution in [0.2, 0.25) is 0 Å². The first-order chi connectivity index (χ1) is 24.3. The highest BCUT2D eigenvalue weighted by Gasteiger charge is 2.25. The predicted octanol–water partition coefficient (Wildman–Crippen LogP) is 7.44. The zero-order valence-electron chi connectivity index (χ0n) is 28.3. The zero-order valence-corrected chi connectivity index (χ0v) is 29.9. The van der Waals surface area contributed by atoms with Crippen molar-refractivity contribution in [3.8, 4) is 23.3 Å². The fraction of sp³-hybridized carbons (Fsp3) is 0.263. The van der Waals surface area contributed by atoms with Gasteiger partial charge in [0.05, 0.1) is 32.1 Å². The number of carbonyl (C=O) groups is 3. The summed E-state index contributed by atoms with van der Waals surface area (Å²) in [5.74, 6) is -0.0588. The molecule has 4 aromatic rings. The SMILES string of the molecule is CCC(Sc1cccc(NC(=O)/C(=C\c2cc(OC)c(OC)c(OC)c2)NC(=O)c2ccccc2)c1)C(=O)Nc1sc2c(c1C#N)CCCC2. The van der Waals surface area contributed by atoms with Crippen molar-refractivity contribution >= 4 is 57.6 Å². The van der Waals surface area contributed by atoms with E-state index in [0.717, 1.165) is 36.1 Å². The quantitative estimate of drug-likeness (QED) is 0.0962. The van der Waals surface area contributed by atoms with Crippen molar-refractivity contribution in [2.75, 3.05) is 32.0 Å². The summed E-state index contributed by atoms with van der Waals surface area (Å²) in [6.07, 6.45) is 6.01. The van der Waals surface area contributed by atoms with E-state index in [4.69, 9.17) is 14.2 Å². The molecule has 3 aromatic carbocycles. The molecule has 0 saturated heterocycles. The Morgan fingerprint density at radius 2 is 1.66 bits per heavy atom. The van der Waals surface area contributed by atoms with Gasteiger partial charge in [-0.05, 0) is 91.8 Å². The second kappa shape index (κ2) is 16.9. The topological polar surface area (TPSA) is 139 Å². The maximum absolute atomic E-state index is 13.8. The van der Waals surface area contributed by atoms with Gasteiger partial charge in [0, 0.05) is 21.0 Å². The van der Waals surface area contributed by atoms with E-state index in [-0.39, 0.29) is 11.6 Å². The molecule has 3 N–H and O–H groups in total. The van der Waals surface area contributed by atoms with Gasteiger partial charge in [0.25, 0.3) is 11.8 Å². The van der Waals surface area contributed by atoms with Crippen molar-refractivity contribution in [3.63, 3.8) is 0 Å². The number of aryl methyl sites for hydroxylation is 1. The van der Waals surface area contributed by atoms with Crippen LogP contribution in [0.1, 0.15) is 58.1 Å². The van der Waals surface area contributed by atoms with Crippen LogP contribution in [0.15, 0.2) is 77.3 Å². The molecular weight excluding hydrogens is 673 g/mol. The maximum atomic E-state index is 13.8. The van der Waals surface area contributed by atoms with Crippen molar-refractivity contribution in [3.05, 3.63) is 99.6 Å². The van der Waals surface area contributed by atoms with Crippen LogP contribution in [0.25, 0.3) is 6.08 Å². The molecule has 1 atom stereocenters. The molecule has 258 valence electrons. The molecule has 0 fully saturated rings. The van der Waals surface area contributed by atoms with Gasteiger partial charge >= 0.3 is 0 Å². The van der Waals surface area contributed by atoms with Gasteiger partial charge in [-0.2, -0.15) is 5.26 Å². The summed E-state index contributed by atoms with van der Waals surface area (Å²) >= 11 is 2.87. The average molecular weight is 711 g/mol. The number of anilines is 2. The lowest BCUT2D eigenvalue weighted by atomic mass is 9.96. The van der Waals surface area contributed by atoms with Gasteiger partial charge in [-0.25, -0.2) is 0 Å². The summed E-state index contributed by atoms with van der Waals surface area (Å²) in [7, 11) is 4.48. The molecule has 0 spiro atoms. The lowest BCUT2D eigenvalue weighted by Crippen LogP contribution is -2.30. The number of rotatable bonds is 13. The lowest BCUT2D eigenvalue weighted by molar-refractivity contribution is -0.116. The molecule has 1 aliphatic carbocycles. The third-order valence-corrected chi connectivity index (χ3v) is 10.6. The van der Waals surface area contributed by atoms with Gasteiger partial charge < -0.3 is 30.2 Å². The molecular formula is C38H38N4O6S2. The summed E-state index contributed by atoms with van der Waals surface area (Å²) in [5, 5.41) is 18.7. The third kappa shape index (κ3) is 8.48. The highest BCUT2D eigenvalue weighted by molar-refractivity contribution is 8.00. The van der Waals surface area contributed by atoms with Gasteiger partial charge in [-0.15, -0.1) is 23.1 Å². The van der Waals surface area contributed by atoms with Crippen LogP contribution >= 0.6 is 23.1 Å². The van der Waals surface area contributed by atoms with Gasteiger partial charge in [-0.1, -0.05) is 31.2 Å². The molecule has 5 rings (SSSR count). The molecule has 0 radical (unpaired) electrons. The van der Waals surface area contributed by atoms with Crippen LogP contribution in [0.3, 0.4) is 0 Å².